The Bertz CT molecular complexity index is 581. The fourth-order valence-electron chi connectivity index (χ4n) is 1.51. The molecule has 0 bridgehead atoms. The molecule has 88 valence electrons. The Hall–Kier alpha value is -2.01. The number of nitrogens with one attached hydrogen (secondary N) is 1. The largest absolute Gasteiger partial charge is 0.378 e. The van der Waals surface area contributed by atoms with Crippen molar-refractivity contribution in [2.45, 2.75) is 6.61 Å². The summed E-state index contributed by atoms with van der Waals surface area (Å²) in [5.41, 5.74) is 0.405. The van der Waals surface area contributed by atoms with Crippen LogP contribution in [0, 0.1) is 5.82 Å². The first kappa shape index (κ1) is 11.5. The number of hydrogen-bond acceptors (Lipinski definition) is 3. The zero-order valence-electron chi connectivity index (χ0n) is 9.24. The lowest BCUT2D eigenvalue weighted by molar-refractivity contribution is 0.181. The lowest BCUT2D eigenvalue weighted by Crippen LogP contribution is -2.11. The van der Waals surface area contributed by atoms with Crippen molar-refractivity contribution in [3.05, 3.63) is 52.2 Å². The van der Waals surface area contributed by atoms with E-state index in [0.29, 0.717) is 5.69 Å². The number of ether oxygens (including phenoxy) is 1. The third-order valence-electron chi connectivity index (χ3n) is 2.22. The summed E-state index contributed by atoms with van der Waals surface area (Å²) in [6, 6.07) is 7.47. The second-order valence-corrected chi connectivity index (χ2v) is 3.50. The van der Waals surface area contributed by atoms with Crippen molar-refractivity contribution < 1.29 is 9.13 Å². The summed E-state index contributed by atoms with van der Waals surface area (Å²) >= 11 is 0. The van der Waals surface area contributed by atoms with Crippen LogP contribution in [-0.2, 0) is 11.3 Å². The van der Waals surface area contributed by atoms with Gasteiger partial charge in [0, 0.05) is 13.2 Å². The Morgan fingerprint density at radius 1 is 1.41 bits per heavy atom. The van der Waals surface area contributed by atoms with Crippen LogP contribution in [0.1, 0.15) is 5.69 Å². The van der Waals surface area contributed by atoms with Gasteiger partial charge in [-0.1, -0.05) is 12.1 Å². The average molecular weight is 234 g/mol. The molecule has 2 rings (SSSR count). The Morgan fingerprint density at radius 3 is 2.88 bits per heavy atom. The average Bonchev–Trinajstić information content (AvgIpc) is 2.29. The quantitative estimate of drug-likeness (QED) is 0.879. The minimum absolute atomic E-state index is 0.211. The molecule has 0 saturated heterocycles. The number of aromatic nitrogens is 2. The molecule has 0 aliphatic heterocycles. The molecule has 4 nitrogen and oxygen atoms in total. The van der Waals surface area contributed by atoms with E-state index in [2.05, 4.69) is 9.97 Å². The zero-order valence-corrected chi connectivity index (χ0v) is 9.24. The first-order valence-electron chi connectivity index (χ1n) is 5.05. The number of H-pyrrole nitrogens is 1. The molecule has 0 radical (unpaired) electrons. The molecular weight excluding hydrogens is 223 g/mol. The van der Waals surface area contributed by atoms with Crippen molar-refractivity contribution in [2.75, 3.05) is 7.11 Å². The summed E-state index contributed by atoms with van der Waals surface area (Å²) in [7, 11) is 1.51. The van der Waals surface area contributed by atoms with E-state index in [9.17, 15) is 9.18 Å². The highest BCUT2D eigenvalue weighted by atomic mass is 19.1. The van der Waals surface area contributed by atoms with Gasteiger partial charge in [-0.3, -0.25) is 4.79 Å². The van der Waals surface area contributed by atoms with Crippen molar-refractivity contribution in [2.24, 2.45) is 0 Å². The molecule has 1 heterocycles. The predicted octanol–water partition coefficient (Wildman–Crippen LogP) is 1.72. The number of aromatic amines is 1. The molecule has 0 spiro atoms. The van der Waals surface area contributed by atoms with Crippen LogP contribution in [0.5, 0.6) is 0 Å². The van der Waals surface area contributed by atoms with Gasteiger partial charge in [0.2, 0.25) is 0 Å². The molecule has 0 atom stereocenters. The third-order valence-corrected chi connectivity index (χ3v) is 2.22. The monoisotopic (exact) mass is 234 g/mol. The number of methoxy groups -OCH3 is 1. The third kappa shape index (κ3) is 2.57. The van der Waals surface area contributed by atoms with Crippen molar-refractivity contribution >= 4 is 0 Å². The minimum atomic E-state index is -0.426. The van der Waals surface area contributed by atoms with Gasteiger partial charge in [0.05, 0.1) is 17.9 Å². The van der Waals surface area contributed by atoms with E-state index < -0.39 is 5.82 Å². The van der Waals surface area contributed by atoms with E-state index in [0.717, 1.165) is 0 Å². The fourth-order valence-corrected chi connectivity index (χ4v) is 1.51. The van der Waals surface area contributed by atoms with E-state index in [4.69, 9.17) is 4.74 Å². The maximum atomic E-state index is 13.5. The van der Waals surface area contributed by atoms with E-state index in [1.807, 2.05) is 0 Å². The Morgan fingerprint density at radius 2 is 2.18 bits per heavy atom. The highest BCUT2D eigenvalue weighted by molar-refractivity contribution is 5.55. The van der Waals surface area contributed by atoms with Gasteiger partial charge < -0.3 is 9.72 Å². The van der Waals surface area contributed by atoms with Crippen LogP contribution in [-0.4, -0.2) is 17.1 Å². The van der Waals surface area contributed by atoms with Crippen LogP contribution in [0.4, 0.5) is 4.39 Å². The van der Waals surface area contributed by atoms with Crippen LogP contribution in [0.2, 0.25) is 0 Å². The van der Waals surface area contributed by atoms with E-state index in [-0.39, 0.29) is 23.6 Å². The number of benzene rings is 1. The molecule has 1 N–H and O–H groups in total. The van der Waals surface area contributed by atoms with Crippen molar-refractivity contribution in [1.82, 2.24) is 9.97 Å². The lowest BCUT2D eigenvalue weighted by Gasteiger charge is -2.04. The van der Waals surface area contributed by atoms with Gasteiger partial charge in [-0.2, -0.15) is 0 Å². The zero-order chi connectivity index (χ0) is 12.3. The molecule has 1 aromatic carbocycles. The van der Waals surface area contributed by atoms with Gasteiger partial charge in [0.15, 0.2) is 0 Å². The smallest absolute Gasteiger partial charge is 0.251 e. The predicted molar refractivity (Wildman–Crippen MR) is 61.0 cm³/mol. The molecule has 0 aliphatic carbocycles. The van der Waals surface area contributed by atoms with Crippen LogP contribution in [0.3, 0.4) is 0 Å². The van der Waals surface area contributed by atoms with Crippen molar-refractivity contribution in [3.63, 3.8) is 0 Å². The maximum Gasteiger partial charge on any atom is 0.251 e. The van der Waals surface area contributed by atoms with Crippen molar-refractivity contribution in [1.29, 1.82) is 0 Å². The first-order chi connectivity index (χ1) is 8.20. The fraction of sp³-hybridized carbons (Fsp3) is 0.167. The molecular formula is C12H11FN2O2. The molecule has 0 fully saturated rings. The normalized spacial score (nSPS) is 10.5. The molecule has 0 aliphatic rings. The maximum absolute atomic E-state index is 13.5. The standard InChI is InChI=1S/C12H11FN2O2/c1-17-7-8-6-11(16)15-12(14-8)9-4-2-3-5-10(9)13/h2-6H,7H2,1H3,(H,14,15,16). The molecule has 2 aromatic rings. The van der Waals surface area contributed by atoms with Crippen LogP contribution >= 0.6 is 0 Å². The molecule has 17 heavy (non-hydrogen) atoms. The lowest BCUT2D eigenvalue weighted by atomic mass is 10.2. The Labute approximate surface area is 97.1 Å². The summed E-state index contributed by atoms with van der Waals surface area (Å²) in [6.45, 7) is 0.214. The van der Waals surface area contributed by atoms with Gasteiger partial charge in [0.1, 0.15) is 11.6 Å². The number of rotatable bonds is 3. The van der Waals surface area contributed by atoms with Gasteiger partial charge in [-0.25, -0.2) is 9.37 Å². The first-order valence-corrected chi connectivity index (χ1v) is 5.05. The number of halogens is 1. The minimum Gasteiger partial charge on any atom is -0.378 e. The van der Waals surface area contributed by atoms with E-state index in [1.54, 1.807) is 18.2 Å². The summed E-state index contributed by atoms with van der Waals surface area (Å²) in [5, 5.41) is 0. The van der Waals surface area contributed by atoms with Crippen LogP contribution in [0.25, 0.3) is 11.4 Å². The second kappa shape index (κ2) is 4.88. The highest BCUT2D eigenvalue weighted by Crippen LogP contribution is 2.17. The van der Waals surface area contributed by atoms with E-state index in [1.165, 1.54) is 19.2 Å². The van der Waals surface area contributed by atoms with Crippen LogP contribution in [0.15, 0.2) is 35.1 Å². The molecule has 0 amide bonds. The number of nitrogens with zero attached hydrogens (tertiary/aromatic N) is 1. The van der Waals surface area contributed by atoms with Gasteiger partial charge in [-0.15, -0.1) is 0 Å². The van der Waals surface area contributed by atoms with Gasteiger partial charge >= 0.3 is 0 Å². The van der Waals surface area contributed by atoms with Crippen molar-refractivity contribution in [3.8, 4) is 11.4 Å². The SMILES string of the molecule is COCc1cc(=O)[nH]c(-c2ccccc2F)n1. The summed E-state index contributed by atoms with van der Waals surface area (Å²) in [5.74, 6) is -0.215. The van der Waals surface area contributed by atoms with Gasteiger partial charge in [-0.05, 0) is 12.1 Å². The number of hydrogen-bond donors (Lipinski definition) is 1. The highest BCUT2D eigenvalue weighted by Gasteiger charge is 2.08. The molecule has 1 aromatic heterocycles. The summed E-state index contributed by atoms with van der Waals surface area (Å²) < 4.78 is 18.4. The molecule has 0 unspecified atom stereocenters. The summed E-state index contributed by atoms with van der Waals surface area (Å²) in [6.07, 6.45) is 0. The Kier molecular flexibility index (Phi) is 3.30. The van der Waals surface area contributed by atoms with Crippen LogP contribution < -0.4 is 5.56 Å². The molecule has 0 saturated carbocycles. The molecule has 5 heteroatoms. The second-order valence-electron chi connectivity index (χ2n) is 3.50. The topological polar surface area (TPSA) is 55.0 Å². The van der Waals surface area contributed by atoms with Gasteiger partial charge in [0.25, 0.3) is 5.56 Å². The summed E-state index contributed by atoms with van der Waals surface area (Å²) in [4.78, 5) is 18.0. The Balaban J connectivity index is 2.52. The van der Waals surface area contributed by atoms with E-state index >= 15 is 0 Å².